The highest BCUT2D eigenvalue weighted by Gasteiger charge is 2.41. The second kappa shape index (κ2) is 11.3. The maximum absolute atomic E-state index is 13.5. The summed E-state index contributed by atoms with van der Waals surface area (Å²) in [6.07, 6.45) is 6.25. The van der Waals surface area contributed by atoms with Gasteiger partial charge in [-0.3, -0.25) is 4.79 Å². The average Bonchev–Trinajstić information content (AvgIpc) is 2.80. The number of rotatable bonds is 10. The molecule has 1 saturated carbocycles. The van der Waals surface area contributed by atoms with Gasteiger partial charge in [-0.1, -0.05) is 62.9 Å². The molecule has 168 valence electrons. The van der Waals surface area contributed by atoms with E-state index >= 15 is 0 Å². The second-order valence-corrected chi connectivity index (χ2v) is 8.72. The largest absolute Gasteiger partial charge is 0.494 e. The van der Waals surface area contributed by atoms with E-state index in [0.717, 1.165) is 68.7 Å². The first-order valence-corrected chi connectivity index (χ1v) is 11.9. The number of benzene rings is 2. The Balaban J connectivity index is 1.61. The molecule has 0 heterocycles. The molecule has 1 fully saturated rings. The van der Waals surface area contributed by atoms with E-state index in [0.29, 0.717) is 6.61 Å². The Morgan fingerprint density at radius 1 is 1.03 bits per heavy atom. The molecule has 4 heteroatoms. The molecule has 0 spiro atoms. The van der Waals surface area contributed by atoms with E-state index in [9.17, 15) is 4.79 Å². The zero-order valence-corrected chi connectivity index (χ0v) is 19.5. The highest BCUT2D eigenvalue weighted by Crippen LogP contribution is 2.40. The molecule has 2 aromatic rings. The van der Waals surface area contributed by atoms with Gasteiger partial charge < -0.3 is 15.0 Å². The van der Waals surface area contributed by atoms with Crippen molar-refractivity contribution in [3.05, 3.63) is 59.7 Å². The summed E-state index contributed by atoms with van der Waals surface area (Å²) in [5, 5.41) is 3.19. The van der Waals surface area contributed by atoms with Gasteiger partial charge in [0.05, 0.1) is 12.0 Å². The summed E-state index contributed by atoms with van der Waals surface area (Å²) >= 11 is 0. The van der Waals surface area contributed by atoms with Crippen LogP contribution in [0.3, 0.4) is 0 Å². The zero-order chi connectivity index (χ0) is 22.1. The van der Waals surface area contributed by atoms with Crippen molar-refractivity contribution in [1.29, 1.82) is 0 Å². The molecular weight excluding hydrogens is 384 g/mol. The number of nitrogens with zero attached hydrogens (tertiary/aromatic N) is 1. The van der Waals surface area contributed by atoms with Crippen LogP contribution in [0.5, 0.6) is 5.75 Å². The Kier molecular flexibility index (Phi) is 8.53. The zero-order valence-electron chi connectivity index (χ0n) is 19.5. The number of nitrogens with one attached hydrogen (secondary N) is 1. The molecule has 2 aromatic carbocycles. The molecular formula is C27H38N2O2. The van der Waals surface area contributed by atoms with Crippen molar-refractivity contribution in [3.63, 3.8) is 0 Å². The Hall–Kier alpha value is -2.33. The number of aryl methyl sites for hydroxylation is 1. The van der Waals surface area contributed by atoms with E-state index in [1.807, 2.05) is 24.3 Å². The molecule has 1 N–H and O–H groups in total. The van der Waals surface area contributed by atoms with Gasteiger partial charge in [0, 0.05) is 12.2 Å². The van der Waals surface area contributed by atoms with E-state index < -0.39 is 5.41 Å². The minimum absolute atomic E-state index is 0.116. The Morgan fingerprint density at radius 2 is 1.74 bits per heavy atom. The van der Waals surface area contributed by atoms with Crippen LogP contribution in [0.15, 0.2) is 48.5 Å². The van der Waals surface area contributed by atoms with Gasteiger partial charge in [0.15, 0.2) is 0 Å². The number of hydrogen-bond acceptors (Lipinski definition) is 3. The topological polar surface area (TPSA) is 41.6 Å². The summed E-state index contributed by atoms with van der Waals surface area (Å²) in [5.74, 6) is 0.967. The molecule has 4 nitrogen and oxygen atoms in total. The standard InChI is InChI=1S/C27H38N2O2/c1-4-29(5-2)19-10-20-31-25-15-13-24(14-16-25)28-26(30)27(17-7-6-8-18-27)23-12-9-11-22(3)21-23/h9,11-16,21H,4-8,10,17-20H2,1-3H3,(H,28,30). The van der Waals surface area contributed by atoms with Gasteiger partial charge in [-0.2, -0.15) is 0 Å². The number of ether oxygens (including phenoxy) is 1. The van der Waals surface area contributed by atoms with E-state index in [-0.39, 0.29) is 5.91 Å². The Bertz CT molecular complexity index is 821. The molecule has 0 saturated heterocycles. The van der Waals surface area contributed by atoms with Gasteiger partial charge in [0.2, 0.25) is 5.91 Å². The third-order valence-electron chi connectivity index (χ3n) is 6.61. The van der Waals surface area contributed by atoms with Crippen LogP contribution in [-0.4, -0.2) is 37.0 Å². The number of carbonyl (C=O) groups excluding carboxylic acids is 1. The molecule has 31 heavy (non-hydrogen) atoms. The molecule has 1 aliphatic rings. The molecule has 3 rings (SSSR count). The van der Waals surface area contributed by atoms with Gasteiger partial charge in [-0.05, 0) is 69.1 Å². The molecule has 0 atom stereocenters. The van der Waals surface area contributed by atoms with Crippen LogP contribution in [0.25, 0.3) is 0 Å². The van der Waals surface area contributed by atoms with Crippen molar-refractivity contribution in [2.75, 3.05) is 31.6 Å². The van der Waals surface area contributed by atoms with Crippen molar-refractivity contribution < 1.29 is 9.53 Å². The third-order valence-corrected chi connectivity index (χ3v) is 6.61. The fraction of sp³-hybridized carbons (Fsp3) is 0.519. The van der Waals surface area contributed by atoms with Crippen LogP contribution in [0.1, 0.15) is 63.5 Å². The first-order chi connectivity index (χ1) is 15.1. The smallest absolute Gasteiger partial charge is 0.235 e. The Morgan fingerprint density at radius 3 is 2.39 bits per heavy atom. The molecule has 1 amide bonds. The summed E-state index contributed by atoms with van der Waals surface area (Å²) in [4.78, 5) is 15.9. The molecule has 0 aromatic heterocycles. The highest BCUT2D eigenvalue weighted by atomic mass is 16.5. The van der Waals surface area contributed by atoms with Gasteiger partial charge in [-0.25, -0.2) is 0 Å². The van der Waals surface area contributed by atoms with Crippen LogP contribution in [0.2, 0.25) is 0 Å². The first-order valence-electron chi connectivity index (χ1n) is 11.9. The number of amides is 1. The third kappa shape index (κ3) is 6.10. The van der Waals surface area contributed by atoms with Crippen LogP contribution < -0.4 is 10.1 Å². The van der Waals surface area contributed by atoms with Crippen molar-refractivity contribution in [1.82, 2.24) is 4.90 Å². The minimum Gasteiger partial charge on any atom is -0.494 e. The Labute approximate surface area is 188 Å². The summed E-state index contributed by atoms with van der Waals surface area (Å²) in [7, 11) is 0. The maximum atomic E-state index is 13.5. The SMILES string of the molecule is CCN(CC)CCCOc1ccc(NC(=O)C2(c3cccc(C)c3)CCCCC2)cc1. The van der Waals surface area contributed by atoms with E-state index in [1.54, 1.807) is 0 Å². The maximum Gasteiger partial charge on any atom is 0.235 e. The van der Waals surface area contributed by atoms with Crippen LogP contribution >= 0.6 is 0 Å². The van der Waals surface area contributed by atoms with Gasteiger partial charge in [0.25, 0.3) is 0 Å². The lowest BCUT2D eigenvalue weighted by Gasteiger charge is -2.36. The number of anilines is 1. The first kappa shape index (κ1) is 23.3. The summed E-state index contributed by atoms with van der Waals surface area (Å²) < 4.78 is 5.88. The van der Waals surface area contributed by atoms with Crippen molar-refractivity contribution in [2.45, 2.75) is 64.7 Å². The fourth-order valence-corrected chi connectivity index (χ4v) is 4.65. The van der Waals surface area contributed by atoms with Gasteiger partial charge in [-0.15, -0.1) is 0 Å². The van der Waals surface area contributed by atoms with Crippen molar-refractivity contribution in [2.24, 2.45) is 0 Å². The lowest BCUT2D eigenvalue weighted by atomic mass is 9.68. The monoisotopic (exact) mass is 422 g/mol. The predicted molar refractivity (Wildman–Crippen MR) is 129 cm³/mol. The van der Waals surface area contributed by atoms with Gasteiger partial charge in [0.1, 0.15) is 5.75 Å². The number of hydrogen-bond donors (Lipinski definition) is 1. The van der Waals surface area contributed by atoms with Crippen LogP contribution in [-0.2, 0) is 10.2 Å². The quantitative estimate of drug-likeness (QED) is 0.481. The predicted octanol–water partition coefficient (Wildman–Crippen LogP) is 5.95. The summed E-state index contributed by atoms with van der Waals surface area (Å²) in [6, 6.07) is 16.3. The van der Waals surface area contributed by atoms with E-state index in [2.05, 4.69) is 55.3 Å². The highest BCUT2D eigenvalue weighted by molar-refractivity contribution is 5.99. The normalized spacial score (nSPS) is 15.6. The number of carbonyl (C=O) groups is 1. The van der Waals surface area contributed by atoms with E-state index in [1.165, 1.54) is 12.0 Å². The molecule has 1 aliphatic carbocycles. The van der Waals surface area contributed by atoms with Crippen LogP contribution in [0, 0.1) is 6.92 Å². The molecule has 0 bridgehead atoms. The molecule has 0 aliphatic heterocycles. The fourth-order valence-electron chi connectivity index (χ4n) is 4.65. The lowest BCUT2D eigenvalue weighted by molar-refractivity contribution is -0.122. The van der Waals surface area contributed by atoms with Crippen LogP contribution in [0.4, 0.5) is 5.69 Å². The minimum atomic E-state index is -0.427. The molecule has 0 radical (unpaired) electrons. The lowest BCUT2D eigenvalue weighted by Crippen LogP contribution is -2.42. The van der Waals surface area contributed by atoms with Gasteiger partial charge >= 0.3 is 0 Å². The summed E-state index contributed by atoms with van der Waals surface area (Å²) in [6.45, 7) is 10.4. The molecule has 0 unspecified atom stereocenters. The van der Waals surface area contributed by atoms with Crippen molar-refractivity contribution >= 4 is 11.6 Å². The average molecular weight is 423 g/mol. The van der Waals surface area contributed by atoms with E-state index in [4.69, 9.17) is 4.74 Å². The summed E-state index contributed by atoms with van der Waals surface area (Å²) in [5.41, 5.74) is 2.76. The second-order valence-electron chi connectivity index (χ2n) is 8.72. The van der Waals surface area contributed by atoms with Crippen molar-refractivity contribution in [3.8, 4) is 5.75 Å².